The van der Waals surface area contributed by atoms with Gasteiger partial charge in [0.1, 0.15) is 11.3 Å². The molecule has 2 aromatic rings. The highest BCUT2D eigenvalue weighted by atomic mass is 16.3. The van der Waals surface area contributed by atoms with Crippen LogP contribution in [-0.2, 0) is 18.4 Å². The summed E-state index contributed by atoms with van der Waals surface area (Å²) in [6, 6.07) is 6.38. The highest BCUT2D eigenvalue weighted by Crippen LogP contribution is 2.34. The number of rotatable bonds is 2. The van der Waals surface area contributed by atoms with Crippen molar-refractivity contribution in [2.24, 2.45) is 5.73 Å². The monoisotopic (exact) mass is 231 g/mol. The van der Waals surface area contributed by atoms with E-state index >= 15 is 0 Å². The van der Waals surface area contributed by atoms with E-state index in [4.69, 9.17) is 10.2 Å². The van der Waals surface area contributed by atoms with Crippen molar-refractivity contribution >= 4 is 11.0 Å². The fourth-order valence-electron chi connectivity index (χ4n) is 2.36. The van der Waals surface area contributed by atoms with Crippen LogP contribution in [0.5, 0.6) is 0 Å². The van der Waals surface area contributed by atoms with Crippen LogP contribution in [0.25, 0.3) is 11.0 Å². The molecule has 17 heavy (non-hydrogen) atoms. The molecule has 1 aromatic carbocycles. The van der Waals surface area contributed by atoms with Crippen LogP contribution < -0.4 is 5.73 Å². The van der Waals surface area contributed by atoms with E-state index in [1.807, 2.05) is 0 Å². The summed E-state index contributed by atoms with van der Waals surface area (Å²) in [4.78, 5) is 0. The Bertz CT molecular complexity index is 532. The summed E-state index contributed by atoms with van der Waals surface area (Å²) in [6.45, 7) is 9.24. The summed E-state index contributed by atoms with van der Waals surface area (Å²) >= 11 is 0. The van der Waals surface area contributed by atoms with Gasteiger partial charge in [0.05, 0.1) is 6.54 Å². The van der Waals surface area contributed by atoms with E-state index in [1.54, 1.807) is 0 Å². The van der Waals surface area contributed by atoms with E-state index in [0.29, 0.717) is 6.54 Å². The smallest absolute Gasteiger partial charge is 0.138 e. The second-order valence-corrected chi connectivity index (χ2v) is 5.49. The van der Waals surface area contributed by atoms with Crippen LogP contribution in [0, 0.1) is 0 Å². The van der Waals surface area contributed by atoms with Crippen LogP contribution in [0.3, 0.4) is 0 Å². The first-order valence-electron chi connectivity index (χ1n) is 6.22. The molecular formula is C15H21NO. The number of aryl methyl sites for hydroxylation is 1. The number of hydrogen-bond donors (Lipinski definition) is 1. The minimum atomic E-state index is 0.0915. The average Bonchev–Trinajstić information content (AvgIpc) is 2.64. The van der Waals surface area contributed by atoms with Crippen molar-refractivity contribution in [1.29, 1.82) is 0 Å². The topological polar surface area (TPSA) is 39.2 Å². The van der Waals surface area contributed by atoms with Crippen molar-refractivity contribution < 1.29 is 4.42 Å². The normalized spacial score (nSPS) is 12.3. The van der Waals surface area contributed by atoms with Gasteiger partial charge in [-0.05, 0) is 11.8 Å². The van der Waals surface area contributed by atoms with Gasteiger partial charge in [-0.3, -0.25) is 0 Å². The molecule has 1 aromatic heterocycles. The maximum atomic E-state index is 5.97. The highest BCUT2D eigenvalue weighted by molar-refractivity contribution is 5.85. The first kappa shape index (κ1) is 12.2. The van der Waals surface area contributed by atoms with Crippen LogP contribution in [0.2, 0.25) is 0 Å². The molecule has 0 radical (unpaired) electrons. The van der Waals surface area contributed by atoms with E-state index in [0.717, 1.165) is 17.8 Å². The molecule has 0 aliphatic carbocycles. The van der Waals surface area contributed by atoms with E-state index in [9.17, 15) is 0 Å². The molecule has 0 atom stereocenters. The fraction of sp³-hybridized carbons (Fsp3) is 0.467. The molecule has 0 saturated heterocycles. The van der Waals surface area contributed by atoms with Crippen LogP contribution >= 0.6 is 0 Å². The van der Waals surface area contributed by atoms with E-state index < -0.39 is 0 Å². The van der Waals surface area contributed by atoms with Crippen LogP contribution in [0.4, 0.5) is 0 Å². The van der Waals surface area contributed by atoms with Gasteiger partial charge in [-0.1, -0.05) is 45.9 Å². The molecule has 0 unspecified atom stereocenters. The lowest BCUT2D eigenvalue weighted by Crippen LogP contribution is -2.11. The molecule has 92 valence electrons. The Labute approximate surface area is 103 Å². The van der Waals surface area contributed by atoms with Crippen molar-refractivity contribution in [1.82, 2.24) is 0 Å². The number of furan rings is 1. The molecule has 0 aliphatic heterocycles. The highest BCUT2D eigenvalue weighted by Gasteiger charge is 2.21. The van der Waals surface area contributed by atoms with Crippen molar-refractivity contribution in [3.05, 3.63) is 35.1 Å². The molecule has 0 bridgehead atoms. The molecule has 2 heteroatoms. The second-order valence-electron chi connectivity index (χ2n) is 5.49. The zero-order valence-corrected chi connectivity index (χ0v) is 11.1. The van der Waals surface area contributed by atoms with Gasteiger partial charge >= 0.3 is 0 Å². The largest absolute Gasteiger partial charge is 0.459 e. The van der Waals surface area contributed by atoms with Crippen LogP contribution in [0.1, 0.15) is 44.6 Å². The third-order valence-corrected chi connectivity index (χ3v) is 3.25. The van der Waals surface area contributed by atoms with Gasteiger partial charge in [0, 0.05) is 16.5 Å². The Hall–Kier alpha value is -1.28. The zero-order valence-electron chi connectivity index (χ0n) is 11.1. The van der Waals surface area contributed by atoms with Gasteiger partial charge in [-0.25, -0.2) is 0 Å². The predicted molar refractivity (Wildman–Crippen MR) is 72.2 cm³/mol. The average molecular weight is 231 g/mol. The fourth-order valence-corrected chi connectivity index (χ4v) is 2.36. The van der Waals surface area contributed by atoms with Gasteiger partial charge in [-0.2, -0.15) is 0 Å². The lowest BCUT2D eigenvalue weighted by molar-refractivity contribution is 0.523. The molecule has 2 nitrogen and oxygen atoms in total. The Kier molecular flexibility index (Phi) is 3.00. The van der Waals surface area contributed by atoms with Crippen LogP contribution in [-0.4, -0.2) is 0 Å². The number of benzene rings is 1. The molecule has 0 spiro atoms. The quantitative estimate of drug-likeness (QED) is 0.855. The standard InChI is InChI=1S/C15H21NO/c1-5-10-11-7-6-8-12(15(2,3)4)14(11)17-13(10)9-16/h6-8H,5,9,16H2,1-4H3. The molecular weight excluding hydrogens is 210 g/mol. The van der Waals surface area contributed by atoms with E-state index in [1.165, 1.54) is 16.5 Å². The molecule has 0 aliphatic rings. The van der Waals surface area contributed by atoms with Gasteiger partial charge in [0.15, 0.2) is 0 Å². The first-order valence-corrected chi connectivity index (χ1v) is 6.22. The van der Waals surface area contributed by atoms with Crippen molar-refractivity contribution in [3.63, 3.8) is 0 Å². The molecule has 0 saturated carbocycles. The summed E-state index contributed by atoms with van der Waals surface area (Å²) in [7, 11) is 0. The number of hydrogen-bond acceptors (Lipinski definition) is 2. The van der Waals surface area contributed by atoms with Gasteiger partial charge < -0.3 is 10.2 Å². The Morgan fingerprint density at radius 2 is 1.94 bits per heavy atom. The minimum Gasteiger partial charge on any atom is -0.459 e. The molecule has 1 heterocycles. The number of nitrogens with two attached hydrogens (primary N) is 1. The van der Waals surface area contributed by atoms with Crippen molar-refractivity contribution in [3.8, 4) is 0 Å². The van der Waals surface area contributed by atoms with Crippen molar-refractivity contribution in [2.75, 3.05) is 0 Å². The minimum absolute atomic E-state index is 0.0915. The molecule has 0 amide bonds. The molecule has 2 rings (SSSR count). The summed E-state index contributed by atoms with van der Waals surface area (Å²) in [5.41, 5.74) is 9.37. The SMILES string of the molecule is CCc1c(CN)oc2c(C(C)(C)C)cccc12. The lowest BCUT2D eigenvalue weighted by Gasteiger charge is -2.18. The third-order valence-electron chi connectivity index (χ3n) is 3.25. The maximum Gasteiger partial charge on any atom is 0.138 e. The second kappa shape index (κ2) is 4.19. The Morgan fingerprint density at radius 1 is 1.24 bits per heavy atom. The lowest BCUT2D eigenvalue weighted by atomic mass is 9.86. The summed E-state index contributed by atoms with van der Waals surface area (Å²) in [6.07, 6.45) is 0.965. The van der Waals surface area contributed by atoms with Gasteiger partial charge in [0.25, 0.3) is 0 Å². The Morgan fingerprint density at radius 3 is 2.47 bits per heavy atom. The van der Waals surface area contributed by atoms with Crippen molar-refractivity contribution in [2.45, 2.75) is 46.1 Å². The van der Waals surface area contributed by atoms with E-state index in [2.05, 4.69) is 45.9 Å². The summed E-state index contributed by atoms with van der Waals surface area (Å²) in [5.74, 6) is 0.930. The van der Waals surface area contributed by atoms with Crippen LogP contribution in [0.15, 0.2) is 22.6 Å². The summed E-state index contributed by atoms with van der Waals surface area (Å²) < 4.78 is 5.97. The van der Waals surface area contributed by atoms with Gasteiger partial charge in [-0.15, -0.1) is 0 Å². The Balaban J connectivity index is 2.78. The third kappa shape index (κ3) is 1.98. The first-order chi connectivity index (χ1) is 7.99. The number of para-hydroxylation sites is 1. The summed E-state index contributed by atoms with van der Waals surface area (Å²) in [5, 5.41) is 1.22. The zero-order chi connectivity index (χ0) is 12.6. The predicted octanol–water partition coefficient (Wildman–Crippen LogP) is 3.75. The molecule has 2 N–H and O–H groups in total. The number of fused-ring (bicyclic) bond motifs is 1. The van der Waals surface area contributed by atoms with Gasteiger partial charge in [0.2, 0.25) is 0 Å². The van der Waals surface area contributed by atoms with E-state index in [-0.39, 0.29) is 5.41 Å². The maximum absolute atomic E-state index is 5.97. The molecule has 0 fully saturated rings.